The van der Waals surface area contributed by atoms with E-state index in [1.807, 2.05) is 59.5 Å². The molecule has 0 saturated carbocycles. The normalized spacial score (nSPS) is 17.9. The standard InChI is InChI=1S/C25H26ClN2O4PS/c1-4-20-13-19(18-11-9-17(16-29)10-12-18)14-24(27-33(30,31-2)32-3)28(20)15-23-25(26)21-7-5-6-8-22(21)34-23/h4-13,20,29H,1,14-16H2,2-3H3/b27-24-. The van der Waals surface area contributed by atoms with Crippen LogP contribution in [0, 0.1) is 0 Å². The highest BCUT2D eigenvalue weighted by Crippen LogP contribution is 2.49. The molecule has 4 rings (SSSR count). The minimum Gasteiger partial charge on any atom is -0.392 e. The molecule has 0 bridgehead atoms. The lowest BCUT2D eigenvalue weighted by Gasteiger charge is -2.36. The van der Waals surface area contributed by atoms with Crippen LogP contribution in [0.3, 0.4) is 0 Å². The van der Waals surface area contributed by atoms with Crippen molar-refractivity contribution >= 4 is 52.2 Å². The van der Waals surface area contributed by atoms with Crippen LogP contribution in [-0.4, -0.2) is 36.1 Å². The fourth-order valence-electron chi connectivity index (χ4n) is 3.92. The molecule has 3 aromatic rings. The van der Waals surface area contributed by atoms with Gasteiger partial charge < -0.3 is 10.0 Å². The first-order valence-electron chi connectivity index (χ1n) is 10.7. The number of hydrogen-bond donors (Lipinski definition) is 1. The van der Waals surface area contributed by atoms with E-state index < -0.39 is 7.75 Å². The Kier molecular flexibility index (Phi) is 7.73. The second-order valence-corrected chi connectivity index (χ2v) is 11.1. The quantitative estimate of drug-likeness (QED) is 0.267. The number of fused-ring (bicyclic) bond motifs is 1. The second kappa shape index (κ2) is 10.6. The van der Waals surface area contributed by atoms with Crippen molar-refractivity contribution in [3.05, 3.63) is 88.3 Å². The number of amidine groups is 1. The molecular formula is C25H26ClN2O4PS. The van der Waals surface area contributed by atoms with E-state index in [4.69, 9.17) is 20.6 Å². The van der Waals surface area contributed by atoms with Gasteiger partial charge in [-0.2, -0.15) is 4.76 Å². The lowest BCUT2D eigenvalue weighted by Crippen LogP contribution is -2.40. The van der Waals surface area contributed by atoms with Gasteiger partial charge in [-0.25, -0.2) is 4.57 Å². The maximum absolute atomic E-state index is 13.0. The van der Waals surface area contributed by atoms with Crippen LogP contribution in [0.1, 0.15) is 22.4 Å². The van der Waals surface area contributed by atoms with Crippen molar-refractivity contribution in [3.63, 3.8) is 0 Å². The largest absolute Gasteiger partial charge is 0.454 e. The van der Waals surface area contributed by atoms with Gasteiger partial charge in [0.2, 0.25) is 0 Å². The summed E-state index contributed by atoms with van der Waals surface area (Å²) < 4.78 is 28.8. The monoisotopic (exact) mass is 516 g/mol. The van der Waals surface area contributed by atoms with Crippen molar-refractivity contribution in [2.45, 2.75) is 25.6 Å². The Bertz CT molecular complexity index is 1290. The number of benzene rings is 2. The van der Waals surface area contributed by atoms with E-state index in [2.05, 4.69) is 17.4 Å². The summed E-state index contributed by atoms with van der Waals surface area (Å²) in [6, 6.07) is 15.5. The van der Waals surface area contributed by atoms with E-state index in [1.54, 1.807) is 11.3 Å². The van der Waals surface area contributed by atoms with E-state index in [-0.39, 0.29) is 12.6 Å². The average molecular weight is 517 g/mol. The molecule has 9 heteroatoms. The van der Waals surface area contributed by atoms with E-state index in [0.29, 0.717) is 23.8 Å². The molecule has 1 aliphatic rings. The SMILES string of the molecule is C=CC1C=C(c2ccc(CO)cc2)C/C(=N/P(=O)(OC)OC)N1Cc1sc2ccccc2c1Cl. The van der Waals surface area contributed by atoms with Crippen LogP contribution in [0.25, 0.3) is 15.7 Å². The van der Waals surface area contributed by atoms with Gasteiger partial charge in [-0.15, -0.1) is 17.9 Å². The summed E-state index contributed by atoms with van der Waals surface area (Å²) in [7, 11) is -1.04. The summed E-state index contributed by atoms with van der Waals surface area (Å²) in [5.41, 5.74) is 2.82. The van der Waals surface area contributed by atoms with E-state index >= 15 is 0 Å². The number of aliphatic hydroxyl groups is 1. The summed E-state index contributed by atoms with van der Waals surface area (Å²) >= 11 is 8.36. The first kappa shape index (κ1) is 24.9. The highest BCUT2D eigenvalue weighted by atomic mass is 35.5. The Labute approximate surface area is 208 Å². The molecule has 0 fully saturated rings. The van der Waals surface area contributed by atoms with E-state index in [0.717, 1.165) is 31.7 Å². The second-order valence-electron chi connectivity index (χ2n) is 7.76. The molecule has 0 radical (unpaired) electrons. The van der Waals surface area contributed by atoms with Gasteiger partial charge in [0.1, 0.15) is 5.84 Å². The maximum Gasteiger partial charge on any atom is 0.454 e. The van der Waals surface area contributed by atoms with Gasteiger partial charge in [0, 0.05) is 35.6 Å². The molecule has 6 nitrogen and oxygen atoms in total. The third-order valence-corrected chi connectivity index (χ3v) is 8.87. The van der Waals surface area contributed by atoms with Crippen LogP contribution in [0.2, 0.25) is 5.02 Å². The third-order valence-electron chi connectivity index (χ3n) is 5.78. The fraction of sp³-hybridized carbons (Fsp3) is 0.240. The van der Waals surface area contributed by atoms with Crippen LogP contribution in [0.4, 0.5) is 0 Å². The van der Waals surface area contributed by atoms with Crippen molar-refractivity contribution in [2.75, 3.05) is 14.2 Å². The number of hydrogen-bond acceptors (Lipinski definition) is 5. The molecule has 0 aliphatic carbocycles. The molecule has 1 unspecified atom stereocenters. The van der Waals surface area contributed by atoms with Gasteiger partial charge in [0.05, 0.1) is 24.2 Å². The summed E-state index contributed by atoms with van der Waals surface area (Å²) in [6.07, 6.45) is 4.36. The minimum absolute atomic E-state index is 0.0180. The Hall–Kier alpha value is -2.25. The molecular weight excluding hydrogens is 491 g/mol. The van der Waals surface area contributed by atoms with Crippen molar-refractivity contribution in [1.29, 1.82) is 0 Å². The summed E-state index contributed by atoms with van der Waals surface area (Å²) in [5.74, 6) is 0.564. The van der Waals surface area contributed by atoms with Gasteiger partial charge >= 0.3 is 7.75 Å². The van der Waals surface area contributed by atoms with Gasteiger partial charge in [-0.05, 0) is 22.8 Å². The molecule has 2 aromatic carbocycles. The summed E-state index contributed by atoms with van der Waals surface area (Å²) in [4.78, 5) is 3.01. The summed E-state index contributed by atoms with van der Waals surface area (Å²) in [6.45, 7) is 4.48. The highest BCUT2D eigenvalue weighted by Gasteiger charge is 2.31. The first-order chi connectivity index (χ1) is 16.4. The number of nitrogens with zero attached hydrogens (tertiary/aromatic N) is 2. The van der Waals surface area contributed by atoms with Crippen molar-refractivity contribution in [1.82, 2.24) is 4.90 Å². The average Bonchev–Trinajstić information content (AvgIpc) is 3.20. The molecule has 1 atom stereocenters. The first-order valence-corrected chi connectivity index (χ1v) is 13.4. The summed E-state index contributed by atoms with van der Waals surface area (Å²) in [5, 5.41) is 11.1. The fourth-order valence-corrected chi connectivity index (χ4v) is 6.20. The van der Waals surface area contributed by atoms with E-state index in [9.17, 15) is 9.67 Å². The smallest absolute Gasteiger partial charge is 0.392 e. The molecule has 0 amide bonds. The van der Waals surface area contributed by atoms with Crippen LogP contribution in [0.5, 0.6) is 0 Å². The van der Waals surface area contributed by atoms with Gasteiger partial charge in [0.25, 0.3) is 0 Å². The number of rotatable bonds is 8. The van der Waals surface area contributed by atoms with Crippen LogP contribution in [0.15, 0.2) is 72.0 Å². The van der Waals surface area contributed by atoms with Crippen LogP contribution in [-0.2, 0) is 26.8 Å². The third kappa shape index (κ3) is 5.05. The number of aliphatic hydroxyl groups excluding tert-OH is 1. The predicted octanol–water partition coefficient (Wildman–Crippen LogP) is 6.69. The van der Waals surface area contributed by atoms with Gasteiger partial charge in [-0.1, -0.05) is 66.2 Å². The highest BCUT2D eigenvalue weighted by molar-refractivity contribution is 7.52. The number of halogens is 1. The topological polar surface area (TPSA) is 71.4 Å². The lowest BCUT2D eigenvalue weighted by molar-refractivity contribution is 0.275. The molecule has 1 aromatic heterocycles. The minimum atomic E-state index is -3.68. The molecule has 0 saturated heterocycles. The predicted molar refractivity (Wildman–Crippen MR) is 140 cm³/mol. The molecule has 2 heterocycles. The van der Waals surface area contributed by atoms with E-state index in [1.165, 1.54) is 14.2 Å². The zero-order valence-corrected chi connectivity index (χ0v) is 21.4. The van der Waals surface area contributed by atoms with Crippen LogP contribution >= 0.6 is 30.7 Å². The molecule has 34 heavy (non-hydrogen) atoms. The van der Waals surface area contributed by atoms with Crippen molar-refractivity contribution in [3.8, 4) is 0 Å². The van der Waals surface area contributed by atoms with Gasteiger partial charge in [0.15, 0.2) is 0 Å². The molecule has 1 N–H and O–H groups in total. The lowest BCUT2D eigenvalue weighted by atomic mass is 9.94. The zero-order valence-electron chi connectivity index (χ0n) is 19.0. The zero-order chi connectivity index (χ0) is 24.3. The molecule has 1 aliphatic heterocycles. The van der Waals surface area contributed by atoms with Crippen molar-refractivity contribution < 1.29 is 18.7 Å². The maximum atomic E-state index is 13.0. The Morgan fingerprint density at radius 3 is 2.56 bits per heavy atom. The Morgan fingerprint density at radius 2 is 1.94 bits per heavy atom. The molecule has 178 valence electrons. The Morgan fingerprint density at radius 1 is 1.24 bits per heavy atom. The van der Waals surface area contributed by atoms with Crippen molar-refractivity contribution in [2.24, 2.45) is 4.76 Å². The van der Waals surface area contributed by atoms with Gasteiger partial charge in [-0.3, -0.25) is 9.05 Å². The molecule has 0 spiro atoms. The number of thiophene rings is 1. The van der Waals surface area contributed by atoms with Crippen LogP contribution < -0.4 is 0 Å². The Balaban J connectivity index is 1.78.